The average molecular weight is 541 g/mol. The van der Waals surface area contributed by atoms with E-state index in [9.17, 15) is 14.7 Å². The molecule has 2 fully saturated rings. The molecule has 2 aromatic heterocycles. The van der Waals surface area contributed by atoms with Crippen LogP contribution in [0.15, 0.2) is 48.5 Å². The van der Waals surface area contributed by atoms with Gasteiger partial charge in [0.05, 0.1) is 5.52 Å². The van der Waals surface area contributed by atoms with Gasteiger partial charge in [0.1, 0.15) is 11.6 Å². The van der Waals surface area contributed by atoms with Crippen molar-refractivity contribution < 1.29 is 28.9 Å². The number of hydrogen-bond donors (Lipinski definition) is 2. The van der Waals surface area contributed by atoms with Crippen molar-refractivity contribution in [2.45, 2.75) is 50.7 Å². The van der Waals surface area contributed by atoms with Crippen LogP contribution in [0.5, 0.6) is 5.75 Å². The zero-order chi connectivity index (χ0) is 25.9. The lowest BCUT2D eigenvalue weighted by Gasteiger charge is -2.38. The predicted octanol–water partition coefficient (Wildman–Crippen LogP) is 5.32. The minimum absolute atomic E-state index is 0.283. The molecule has 0 radical (unpaired) electrons. The molecule has 2 N–H and O–H groups in total. The molecular weight excluding hydrogens is 516 g/mol. The Labute approximate surface area is 221 Å². The van der Waals surface area contributed by atoms with Gasteiger partial charge in [-0.2, -0.15) is 0 Å². The Hall–Kier alpha value is -3.27. The number of piperidine rings is 1. The fourth-order valence-corrected chi connectivity index (χ4v) is 6.67. The number of fused-ring (bicyclic) bond motifs is 2. The molecule has 4 heterocycles. The van der Waals surface area contributed by atoms with E-state index < -0.39 is 24.0 Å². The number of hydrogen-bond acceptors (Lipinski definition) is 8. The van der Waals surface area contributed by atoms with Gasteiger partial charge >= 0.3 is 17.9 Å². The molecule has 37 heavy (non-hydrogen) atoms. The Bertz CT molecular complexity index is 1510. The summed E-state index contributed by atoms with van der Waals surface area (Å²) in [4.78, 5) is 30.6. The number of carbonyl (C=O) groups is 2. The van der Waals surface area contributed by atoms with Crippen molar-refractivity contribution in [2.24, 2.45) is 0 Å². The van der Waals surface area contributed by atoms with Crippen LogP contribution in [0.25, 0.3) is 21.0 Å². The first-order valence-corrected chi connectivity index (χ1v) is 13.3. The van der Waals surface area contributed by atoms with E-state index in [-0.39, 0.29) is 6.04 Å². The topological polar surface area (TPSA) is 101 Å². The van der Waals surface area contributed by atoms with E-state index in [1.807, 2.05) is 35.6 Å². The summed E-state index contributed by atoms with van der Waals surface area (Å²) in [5.41, 5.74) is 0.805. The molecule has 2 aliphatic rings. The number of thiophene rings is 1. The Morgan fingerprint density at radius 1 is 1.19 bits per heavy atom. The molecule has 10 heteroatoms. The Morgan fingerprint density at radius 3 is 2.70 bits per heavy atom. The molecule has 8 nitrogen and oxygen atoms in total. The van der Waals surface area contributed by atoms with E-state index in [1.54, 1.807) is 12.1 Å². The van der Waals surface area contributed by atoms with Gasteiger partial charge in [0.15, 0.2) is 6.10 Å². The van der Waals surface area contributed by atoms with Crippen molar-refractivity contribution >= 4 is 61.7 Å². The zero-order valence-electron chi connectivity index (χ0n) is 20.2. The summed E-state index contributed by atoms with van der Waals surface area (Å²) in [6, 6.07) is 15.9. The molecule has 192 valence electrons. The first-order valence-electron chi connectivity index (χ1n) is 12.1. The summed E-state index contributed by atoms with van der Waals surface area (Å²) in [5, 5.41) is 12.9. The van der Waals surface area contributed by atoms with Crippen molar-refractivity contribution in [3.63, 3.8) is 0 Å². The normalized spacial score (nSPS) is 22.3. The van der Waals surface area contributed by atoms with Gasteiger partial charge in [-0.3, -0.25) is 0 Å². The first kappa shape index (κ1) is 24.1. The Morgan fingerprint density at radius 2 is 1.97 bits per heavy atom. The van der Waals surface area contributed by atoms with Crippen LogP contribution in [0.4, 0.5) is 5.82 Å². The number of aromatic nitrogens is 1. The maximum atomic E-state index is 11.7. The van der Waals surface area contributed by atoms with Gasteiger partial charge in [-0.25, -0.2) is 9.59 Å². The Kier molecular flexibility index (Phi) is 5.82. The second-order valence-corrected chi connectivity index (χ2v) is 11.2. The Balaban J connectivity index is 1.24. The van der Waals surface area contributed by atoms with Gasteiger partial charge in [-0.05, 0) is 74.4 Å². The summed E-state index contributed by atoms with van der Waals surface area (Å²) in [7, 11) is 0. The van der Waals surface area contributed by atoms with Gasteiger partial charge in [-0.15, -0.1) is 11.3 Å². The summed E-state index contributed by atoms with van der Waals surface area (Å²) in [5.74, 6) is -2.91. The fourth-order valence-electron chi connectivity index (χ4n) is 5.18. The summed E-state index contributed by atoms with van der Waals surface area (Å²) in [6.07, 6.45) is 0.623. The van der Waals surface area contributed by atoms with E-state index in [0.717, 1.165) is 35.7 Å². The highest BCUT2D eigenvalue weighted by Crippen LogP contribution is 2.41. The molecule has 0 bridgehead atoms. The zero-order valence-corrected chi connectivity index (χ0v) is 21.8. The van der Waals surface area contributed by atoms with Crippen LogP contribution < -0.4 is 9.64 Å². The fraction of sp³-hybridized carbons (Fsp3) is 0.333. The molecule has 2 aliphatic heterocycles. The van der Waals surface area contributed by atoms with Gasteiger partial charge in [0, 0.05) is 32.6 Å². The lowest BCUT2D eigenvalue weighted by molar-refractivity contribution is -0.313. The molecule has 0 unspecified atom stereocenters. The molecule has 6 rings (SSSR count). The molecular formula is C27H25ClN2O6S. The van der Waals surface area contributed by atoms with Crippen molar-refractivity contribution in [3.05, 3.63) is 58.4 Å². The van der Waals surface area contributed by atoms with Crippen LogP contribution in [0, 0.1) is 0 Å². The van der Waals surface area contributed by atoms with Crippen molar-refractivity contribution in [1.82, 2.24) is 4.98 Å². The third-order valence-corrected chi connectivity index (χ3v) is 8.59. The van der Waals surface area contributed by atoms with Crippen LogP contribution in [0.2, 0.25) is 5.02 Å². The minimum atomic E-state index is -2.22. The predicted molar refractivity (Wildman–Crippen MR) is 141 cm³/mol. The number of H-pyrrole nitrogens is 1. The molecule has 4 aromatic rings. The number of nitrogens with zero attached hydrogens (tertiary/aromatic N) is 1. The smallest absolute Gasteiger partial charge is 0.418 e. The third kappa shape index (κ3) is 4.21. The monoisotopic (exact) mass is 540 g/mol. The number of anilines is 1. The third-order valence-electron chi connectivity index (χ3n) is 7.10. The summed E-state index contributed by atoms with van der Waals surface area (Å²) in [6.45, 7) is 4.42. The highest BCUT2D eigenvalue weighted by molar-refractivity contribution is 7.19. The van der Waals surface area contributed by atoms with Gasteiger partial charge < -0.3 is 29.2 Å². The van der Waals surface area contributed by atoms with Crippen LogP contribution in [0.1, 0.15) is 37.5 Å². The summed E-state index contributed by atoms with van der Waals surface area (Å²) >= 11 is 8.00. The van der Waals surface area contributed by atoms with Crippen molar-refractivity contribution in [2.75, 3.05) is 11.4 Å². The summed E-state index contributed by atoms with van der Waals surface area (Å²) < 4.78 is 17.0. The average Bonchev–Trinajstić information content (AvgIpc) is 3.55. The number of rotatable bonds is 5. The molecule has 0 amide bonds. The van der Waals surface area contributed by atoms with Crippen molar-refractivity contribution in [3.8, 4) is 5.75 Å². The SMILES string of the molecule is C[C@H](O)C1(Oc2cccc3[nH]c(N4CC[C@@H](c5cc6ccc(Cl)cc6s5)C[C@@H]4C)cc23)OC(=O)C(=O)O1. The van der Waals surface area contributed by atoms with E-state index in [0.29, 0.717) is 17.1 Å². The number of ether oxygens (including phenoxy) is 3. The molecule has 2 saturated heterocycles. The van der Waals surface area contributed by atoms with E-state index in [2.05, 4.69) is 28.9 Å². The molecule has 0 saturated carbocycles. The van der Waals surface area contributed by atoms with Crippen LogP contribution in [0.3, 0.4) is 0 Å². The molecule has 2 aromatic carbocycles. The van der Waals surface area contributed by atoms with Gasteiger partial charge in [-0.1, -0.05) is 23.7 Å². The van der Waals surface area contributed by atoms with E-state index in [1.165, 1.54) is 21.9 Å². The van der Waals surface area contributed by atoms with Crippen LogP contribution >= 0.6 is 22.9 Å². The second-order valence-electron chi connectivity index (χ2n) is 9.63. The number of halogens is 1. The molecule has 0 aliphatic carbocycles. The van der Waals surface area contributed by atoms with Gasteiger partial charge in [0.25, 0.3) is 0 Å². The van der Waals surface area contributed by atoms with Crippen molar-refractivity contribution in [1.29, 1.82) is 0 Å². The quantitative estimate of drug-likeness (QED) is 0.261. The number of nitrogens with one attached hydrogen (secondary N) is 1. The number of esters is 2. The minimum Gasteiger partial charge on any atom is -0.418 e. The number of aliphatic hydroxyl groups excluding tert-OH is 1. The number of benzene rings is 2. The standard InChI is InChI=1S/C27H25ClN2O6S/c1-14-10-17(22-11-16-6-7-18(28)12-23(16)37-22)8-9-30(14)24-13-19-20(29-24)4-3-5-21(19)34-27(15(2)31)35-25(32)26(33)36-27/h3-7,11-15,17,29,31H,8-10H2,1-2H3/t14-,15-,17+/m0/s1. The van der Waals surface area contributed by atoms with E-state index >= 15 is 0 Å². The number of cyclic esters (lactones) is 2. The molecule has 0 spiro atoms. The highest BCUT2D eigenvalue weighted by atomic mass is 35.5. The lowest BCUT2D eigenvalue weighted by atomic mass is 9.90. The number of carbonyl (C=O) groups excluding carboxylic acids is 2. The number of aromatic amines is 1. The largest absolute Gasteiger partial charge is 0.449 e. The number of aliphatic hydroxyl groups is 1. The highest BCUT2D eigenvalue weighted by Gasteiger charge is 2.56. The maximum absolute atomic E-state index is 11.7. The molecule has 3 atom stereocenters. The van der Waals surface area contributed by atoms with Gasteiger partial charge in [0.2, 0.25) is 0 Å². The second kappa shape index (κ2) is 8.93. The first-order chi connectivity index (χ1) is 17.7. The lowest BCUT2D eigenvalue weighted by Crippen LogP contribution is -2.47. The van der Waals surface area contributed by atoms with E-state index in [4.69, 9.17) is 25.8 Å². The van der Waals surface area contributed by atoms with Crippen LogP contribution in [-0.4, -0.2) is 46.7 Å². The maximum Gasteiger partial charge on any atom is 0.449 e. The van der Waals surface area contributed by atoms with Crippen LogP contribution in [-0.2, 0) is 19.1 Å².